The SMILES string of the molecule is CC(C)Cn1c(N(C)C(=O)O)c(-c2cccs2)c2cc(O)ccc2c1=O. The number of fused-ring (bicyclic) bond motifs is 1. The molecule has 0 fully saturated rings. The van der Waals surface area contributed by atoms with Gasteiger partial charge in [0, 0.05) is 34.8 Å². The first-order valence-electron chi connectivity index (χ1n) is 8.21. The molecule has 2 aromatic heterocycles. The number of nitrogens with zero attached hydrogens (tertiary/aromatic N) is 2. The van der Waals surface area contributed by atoms with Gasteiger partial charge in [-0.05, 0) is 35.6 Å². The van der Waals surface area contributed by atoms with E-state index in [-0.39, 0.29) is 17.2 Å². The van der Waals surface area contributed by atoms with Gasteiger partial charge in [-0.15, -0.1) is 11.3 Å². The fourth-order valence-corrected chi connectivity index (χ4v) is 3.84. The molecule has 0 aliphatic heterocycles. The number of benzene rings is 1. The van der Waals surface area contributed by atoms with E-state index in [9.17, 15) is 19.8 Å². The summed E-state index contributed by atoms with van der Waals surface area (Å²) >= 11 is 1.46. The summed E-state index contributed by atoms with van der Waals surface area (Å²) in [4.78, 5) is 26.8. The van der Waals surface area contributed by atoms with Crippen molar-refractivity contribution in [3.63, 3.8) is 0 Å². The quantitative estimate of drug-likeness (QED) is 0.719. The maximum absolute atomic E-state index is 13.1. The monoisotopic (exact) mass is 372 g/mol. The molecule has 0 aliphatic carbocycles. The van der Waals surface area contributed by atoms with Crippen molar-refractivity contribution < 1.29 is 15.0 Å². The average molecular weight is 372 g/mol. The van der Waals surface area contributed by atoms with E-state index in [1.807, 2.05) is 31.4 Å². The van der Waals surface area contributed by atoms with Crippen LogP contribution in [0, 0.1) is 5.92 Å². The van der Waals surface area contributed by atoms with Crippen molar-refractivity contribution in [2.45, 2.75) is 20.4 Å². The number of thiophene rings is 1. The molecule has 1 amide bonds. The second kappa shape index (κ2) is 6.84. The van der Waals surface area contributed by atoms with Crippen LogP contribution in [-0.2, 0) is 6.54 Å². The number of aromatic hydroxyl groups is 1. The van der Waals surface area contributed by atoms with Crippen molar-refractivity contribution in [1.29, 1.82) is 0 Å². The largest absolute Gasteiger partial charge is 0.508 e. The fourth-order valence-electron chi connectivity index (χ4n) is 3.06. The molecule has 0 aliphatic rings. The molecule has 0 spiro atoms. The predicted octanol–water partition coefficient (Wildman–Crippen LogP) is 4.21. The van der Waals surface area contributed by atoms with E-state index >= 15 is 0 Å². The predicted molar refractivity (Wildman–Crippen MR) is 104 cm³/mol. The Balaban J connectivity index is 2.54. The van der Waals surface area contributed by atoms with Gasteiger partial charge in [0.1, 0.15) is 11.6 Å². The van der Waals surface area contributed by atoms with Crippen LogP contribution in [-0.4, -0.2) is 27.9 Å². The fraction of sp³-hybridized carbons (Fsp3) is 0.263. The topological polar surface area (TPSA) is 82.8 Å². The molecule has 3 rings (SSSR count). The molecule has 7 heteroatoms. The van der Waals surface area contributed by atoms with Crippen LogP contribution in [0.25, 0.3) is 21.2 Å². The highest BCUT2D eigenvalue weighted by atomic mass is 32.1. The van der Waals surface area contributed by atoms with Crippen molar-refractivity contribution in [2.24, 2.45) is 5.92 Å². The number of anilines is 1. The summed E-state index contributed by atoms with van der Waals surface area (Å²) in [6.45, 7) is 4.34. The lowest BCUT2D eigenvalue weighted by molar-refractivity contribution is 0.203. The van der Waals surface area contributed by atoms with Gasteiger partial charge in [0.2, 0.25) is 0 Å². The zero-order valence-electron chi connectivity index (χ0n) is 14.8. The molecule has 0 radical (unpaired) electrons. The molecule has 0 saturated heterocycles. The molecule has 2 N–H and O–H groups in total. The molecule has 3 aromatic rings. The Morgan fingerprint density at radius 3 is 2.58 bits per heavy atom. The molecule has 0 saturated carbocycles. The molecule has 2 heterocycles. The van der Waals surface area contributed by atoms with Gasteiger partial charge in [0.05, 0.1) is 0 Å². The summed E-state index contributed by atoms with van der Waals surface area (Å²) in [5, 5.41) is 22.4. The van der Waals surface area contributed by atoms with Gasteiger partial charge >= 0.3 is 6.09 Å². The summed E-state index contributed by atoms with van der Waals surface area (Å²) in [5.74, 6) is 0.497. The first-order valence-corrected chi connectivity index (χ1v) is 9.09. The van der Waals surface area contributed by atoms with Gasteiger partial charge in [-0.1, -0.05) is 19.9 Å². The van der Waals surface area contributed by atoms with Crippen molar-refractivity contribution in [1.82, 2.24) is 4.57 Å². The van der Waals surface area contributed by atoms with Crippen molar-refractivity contribution in [3.8, 4) is 16.2 Å². The summed E-state index contributed by atoms with van der Waals surface area (Å²) < 4.78 is 1.52. The van der Waals surface area contributed by atoms with Crippen LogP contribution in [0.1, 0.15) is 13.8 Å². The Kier molecular flexibility index (Phi) is 4.73. The highest BCUT2D eigenvalue weighted by Gasteiger charge is 2.25. The zero-order valence-corrected chi connectivity index (χ0v) is 15.6. The number of carboxylic acid groups (broad SMARTS) is 1. The second-order valence-electron chi connectivity index (χ2n) is 6.56. The number of hydrogen-bond acceptors (Lipinski definition) is 4. The third-order valence-electron chi connectivity index (χ3n) is 4.15. The van der Waals surface area contributed by atoms with Gasteiger partial charge in [0.15, 0.2) is 0 Å². The summed E-state index contributed by atoms with van der Waals surface area (Å²) in [6, 6.07) is 8.34. The molecule has 1 aromatic carbocycles. The van der Waals surface area contributed by atoms with Crippen LogP contribution < -0.4 is 10.5 Å². The van der Waals surface area contributed by atoms with Crippen LogP contribution in [0.5, 0.6) is 5.75 Å². The number of pyridine rings is 1. The number of hydrogen-bond donors (Lipinski definition) is 2. The minimum atomic E-state index is -1.15. The van der Waals surface area contributed by atoms with E-state index in [4.69, 9.17) is 0 Å². The molecule has 26 heavy (non-hydrogen) atoms. The van der Waals surface area contributed by atoms with Crippen molar-refractivity contribution in [2.75, 3.05) is 11.9 Å². The van der Waals surface area contributed by atoms with E-state index in [2.05, 4.69) is 0 Å². The summed E-state index contributed by atoms with van der Waals surface area (Å²) in [6.07, 6.45) is -1.15. The van der Waals surface area contributed by atoms with E-state index in [1.54, 1.807) is 6.07 Å². The minimum Gasteiger partial charge on any atom is -0.508 e. The first-order chi connectivity index (χ1) is 12.3. The zero-order chi connectivity index (χ0) is 19.0. The highest BCUT2D eigenvalue weighted by Crippen LogP contribution is 2.39. The number of phenolic OH excluding ortho intramolecular Hbond substituents is 1. The second-order valence-corrected chi connectivity index (χ2v) is 7.50. The Morgan fingerprint density at radius 2 is 2.00 bits per heavy atom. The van der Waals surface area contributed by atoms with Crippen LogP contribution in [0.3, 0.4) is 0 Å². The van der Waals surface area contributed by atoms with Gasteiger partial charge < -0.3 is 10.2 Å². The van der Waals surface area contributed by atoms with Crippen LogP contribution in [0.4, 0.5) is 10.6 Å². The Morgan fingerprint density at radius 1 is 1.27 bits per heavy atom. The van der Waals surface area contributed by atoms with Crippen LogP contribution in [0.15, 0.2) is 40.5 Å². The third kappa shape index (κ3) is 3.06. The number of aromatic nitrogens is 1. The van der Waals surface area contributed by atoms with Crippen molar-refractivity contribution in [3.05, 3.63) is 46.1 Å². The van der Waals surface area contributed by atoms with Gasteiger partial charge in [-0.3, -0.25) is 14.3 Å². The van der Waals surface area contributed by atoms with Crippen molar-refractivity contribution >= 4 is 34.0 Å². The van der Waals surface area contributed by atoms with Gasteiger partial charge in [-0.25, -0.2) is 4.79 Å². The average Bonchev–Trinajstić information content (AvgIpc) is 3.09. The minimum absolute atomic E-state index is 0.0280. The number of carbonyl (C=O) groups is 1. The lowest BCUT2D eigenvalue weighted by Gasteiger charge is -2.25. The molecular weight excluding hydrogens is 352 g/mol. The molecule has 0 unspecified atom stereocenters. The Hall–Kier alpha value is -2.80. The molecule has 0 atom stereocenters. The first kappa shape index (κ1) is 18.0. The Bertz CT molecular complexity index is 1020. The summed E-state index contributed by atoms with van der Waals surface area (Å²) in [7, 11) is 1.43. The molecule has 6 nitrogen and oxygen atoms in total. The third-order valence-corrected chi connectivity index (χ3v) is 5.03. The van der Waals surface area contributed by atoms with Crippen LogP contribution in [0.2, 0.25) is 0 Å². The van der Waals surface area contributed by atoms with E-state index in [0.29, 0.717) is 28.7 Å². The normalized spacial score (nSPS) is 11.2. The van der Waals surface area contributed by atoms with E-state index < -0.39 is 6.09 Å². The number of rotatable bonds is 4. The molecule has 0 bridgehead atoms. The number of phenols is 1. The smallest absolute Gasteiger partial charge is 0.412 e. The highest BCUT2D eigenvalue weighted by molar-refractivity contribution is 7.13. The lowest BCUT2D eigenvalue weighted by Crippen LogP contribution is -2.34. The van der Waals surface area contributed by atoms with Gasteiger partial charge in [0.25, 0.3) is 5.56 Å². The maximum atomic E-state index is 13.1. The molecular formula is C19H20N2O4S. The Labute approximate surface area is 154 Å². The molecule has 136 valence electrons. The standard InChI is InChI=1S/C19H20N2O4S/c1-11(2)10-21-17(20(3)19(24)25)16(15-5-4-8-26-15)14-9-12(22)6-7-13(14)18(21)23/h4-9,11,22H,10H2,1-3H3,(H,24,25). The van der Waals surface area contributed by atoms with E-state index in [1.165, 1.54) is 35.1 Å². The van der Waals surface area contributed by atoms with Crippen LogP contribution >= 0.6 is 11.3 Å². The summed E-state index contributed by atoms with van der Waals surface area (Å²) in [5.41, 5.74) is 0.369. The lowest BCUT2D eigenvalue weighted by atomic mass is 10.0. The maximum Gasteiger partial charge on any atom is 0.412 e. The van der Waals surface area contributed by atoms with E-state index in [0.717, 1.165) is 9.78 Å². The van der Waals surface area contributed by atoms with Gasteiger partial charge in [-0.2, -0.15) is 0 Å². The number of amides is 1.